The van der Waals surface area contributed by atoms with Crippen LogP contribution in [-0.4, -0.2) is 54.0 Å². The highest BCUT2D eigenvalue weighted by Crippen LogP contribution is 2.02. The van der Waals surface area contributed by atoms with Crippen molar-refractivity contribution in [3.63, 3.8) is 0 Å². The van der Waals surface area contributed by atoms with Crippen molar-refractivity contribution in [1.82, 2.24) is 0 Å². The van der Waals surface area contributed by atoms with Crippen LogP contribution in [0, 0.1) is 0 Å². The molecule has 0 rings (SSSR count). The molecular weight excluding hydrogens is 206 g/mol. The molecule has 0 aromatic carbocycles. The van der Waals surface area contributed by atoms with Crippen LogP contribution in [0.5, 0.6) is 0 Å². The van der Waals surface area contributed by atoms with Gasteiger partial charge in [0.15, 0.2) is 6.54 Å². The highest BCUT2D eigenvalue weighted by molar-refractivity contribution is 5.67. The highest BCUT2D eigenvalue weighted by Gasteiger charge is 2.22. The van der Waals surface area contributed by atoms with Crippen LogP contribution in [0.2, 0.25) is 0 Å². The summed E-state index contributed by atoms with van der Waals surface area (Å²) in [5.41, 5.74) is 0. The second-order valence-electron chi connectivity index (χ2n) is 4.81. The molecule has 94 valence electrons. The van der Waals surface area contributed by atoms with Crippen molar-refractivity contribution < 1.29 is 19.5 Å². The summed E-state index contributed by atoms with van der Waals surface area (Å²) in [6, 6.07) is 0. The molecule has 0 aliphatic rings. The second-order valence-corrected chi connectivity index (χ2v) is 4.81. The Morgan fingerprint density at radius 1 is 1.44 bits per heavy atom. The second kappa shape index (κ2) is 7.41. The van der Waals surface area contributed by atoms with Crippen LogP contribution in [-0.2, 0) is 4.79 Å². The summed E-state index contributed by atoms with van der Waals surface area (Å²) in [6.07, 6.45) is 6.40. The largest absolute Gasteiger partial charge is 0.477 e. The number of hydrogen-bond donors (Lipinski definition) is 2. The molecule has 1 unspecified atom stereocenters. The molecule has 0 amide bonds. The zero-order valence-electron chi connectivity index (χ0n) is 10.5. The minimum Gasteiger partial charge on any atom is -0.477 e. The van der Waals surface area contributed by atoms with E-state index in [9.17, 15) is 9.90 Å². The Bertz CT molecular complexity index is 236. The van der Waals surface area contributed by atoms with Gasteiger partial charge in [0.25, 0.3) is 0 Å². The Hall–Kier alpha value is -0.870. The van der Waals surface area contributed by atoms with Crippen molar-refractivity contribution in [3.05, 3.63) is 12.2 Å². The normalized spacial score (nSPS) is 14.2. The summed E-state index contributed by atoms with van der Waals surface area (Å²) in [4.78, 5) is 10.6. The number of rotatable bonds is 8. The standard InChI is InChI=1S/C12H23NO3/c1-4-5-6-7-8-11(14)9-13(2,3)10-12(15)16/h7-8,11,14H,4-6,9-10H2,1-3H3/p+1/b8-7+. The van der Waals surface area contributed by atoms with Gasteiger partial charge in [0.05, 0.1) is 14.1 Å². The molecule has 0 saturated heterocycles. The van der Waals surface area contributed by atoms with Gasteiger partial charge < -0.3 is 14.7 Å². The number of carbonyl (C=O) groups is 1. The molecule has 4 nitrogen and oxygen atoms in total. The first-order valence-electron chi connectivity index (χ1n) is 5.76. The van der Waals surface area contributed by atoms with Crippen molar-refractivity contribution in [2.24, 2.45) is 0 Å². The minimum absolute atomic E-state index is 0.0276. The van der Waals surface area contributed by atoms with E-state index in [1.165, 1.54) is 0 Å². The Morgan fingerprint density at radius 2 is 2.06 bits per heavy atom. The molecule has 0 aromatic heterocycles. The van der Waals surface area contributed by atoms with Gasteiger partial charge in [-0.1, -0.05) is 31.9 Å². The van der Waals surface area contributed by atoms with Crippen molar-refractivity contribution in [1.29, 1.82) is 0 Å². The molecule has 1 atom stereocenters. The molecule has 16 heavy (non-hydrogen) atoms. The van der Waals surface area contributed by atoms with Gasteiger partial charge in [0.1, 0.15) is 12.6 Å². The smallest absolute Gasteiger partial charge is 0.359 e. The topological polar surface area (TPSA) is 57.5 Å². The van der Waals surface area contributed by atoms with Crippen LogP contribution >= 0.6 is 0 Å². The molecular formula is C12H24NO3+. The lowest BCUT2D eigenvalue weighted by atomic mass is 10.2. The average Bonchev–Trinajstić information content (AvgIpc) is 2.09. The summed E-state index contributed by atoms with van der Waals surface area (Å²) in [5.74, 6) is -0.841. The van der Waals surface area contributed by atoms with Crippen LogP contribution in [0.3, 0.4) is 0 Å². The first-order valence-corrected chi connectivity index (χ1v) is 5.76. The number of unbranched alkanes of at least 4 members (excludes halogenated alkanes) is 2. The van der Waals surface area contributed by atoms with E-state index in [0.29, 0.717) is 6.54 Å². The van der Waals surface area contributed by atoms with Gasteiger partial charge in [-0.2, -0.15) is 0 Å². The van der Waals surface area contributed by atoms with Crippen LogP contribution in [0.1, 0.15) is 26.2 Å². The fraction of sp³-hybridized carbons (Fsp3) is 0.750. The van der Waals surface area contributed by atoms with Gasteiger partial charge in [0.2, 0.25) is 0 Å². The quantitative estimate of drug-likeness (QED) is 0.375. The zero-order chi connectivity index (χ0) is 12.6. The molecule has 0 aliphatic carbocycles. The summed E-state index contributed by atoms with van der Waals surface area (Å²) in [7, 11) is 3.61. The van der Waals surface area contributed by atoms with E-state index in [-0.39, 0.29) is 11.0 Å². The van der Waals surface area contributed by atoms with Gasteiger partial charge in [0, 0.05) is 0 Å². The number of aliphatic carboxylic acids is 1. The monoisotopic (exact) mass is 230 g/mol. The predicted molar refractivity (Wildman–Crippen MR) is 64.2 cm³/mol. The molecule has 4 heteroatoms. The number of carboxylic acid groups (broad SMARTS) is 1. The third-order valence-electron chi connectivity index (χ3n) is 2.33. The minimum atomic E-state index is -0.841. The zero-order valence-corrected chi connectivity index (χ0v) is 10.5. The maximum atomic E-state index is 10.6. The van der Waals surface area contributed by atoms with Crippen LogP contribution in [0.25, 0.3) is 0 Å². The maximum absolute atomic E-state index is 10.6. The maximum Gasteiger partial charge on any atom is 0.359 e. The van der Waals surface area contributed by atoms with E-state index >= 15 is 0 Å². The third-order valence-corrected chi connectivity index (χ3v) is 2.33. The first-order chi connectivity index (χ1) is 7.37. The van der Waals surface area contributed by atoms with Gasteiger partial charge in [-0.05, 0) is 6.42 Å². The molecule has 0 fully saturated rings. The van der Waals surface area contributed by atoms with Gasteiger partial charge in [-0.3, -0.25) is 0 Å². The van der Waals surface area contributed by atoms with E-state index in [1.54, 1.807) is 20.2 Å². The number of aliphatic hydroxyl groups excluding tert-OH is 1. The number of likely N-dealkylation sites (N-methyl/N-ethyl adjacent to an activating group) is 1. The van der Waals surface area contributed by atoms with Crippen molar-refractivity contribution >= 4 is 5.97 Å². The summed E-state index contributed by atoms with van der Waals surface area (Å²) in [6.45, 7) is 2.58. The molecule has 0 bridgehead atoms. The molecule has 0 saturated carbocycles. The Kier molecular flexibility index (Phi) is 7.01. The predicted octanol–water partition coefficient (Wildman–Crippen LogP) is 1.25. The summed E-state index contributed by atoms with van der Waals surface area (Å²) < 4.78 is 0.286. The van der Waals surface area contributed by atoms with Crippen molar-refractivity contribution in [2.75, 3.05) is 27.2 Å². The number of quaternary nitrogens is 1. The van der Waals surface area contributed by atoms with Crippen LogP contribution in [0.4, 0.5) is 0 Å². The molecule has 0 heterocycles. The fourth-order valence-electron chi connectivity index (χ4n) is 1.57. The fourth-order valence-corrected chi connectivity index (χ4v) is 1.57. The number of aliphatic hydroxyl groups is 1. The molecule has 0 radical (unpaired) electrons. The lowest BCUT2D eigenvalue weighted by molar-refractivity contribution is -0.885. The molecule has 0 aliphatic heterocycles. The Balaban J connectivity index is 3.97. The molecule has 0 aromatic rings. The van der Waals surface area contributed by atoms with E-state index in [4.69, 9.17) is 5.11 Å². The third kappa shape index (κ3) is 8.44. The average molecular weight is 230 g/mol. The van der Waals surface area contributed by atoms with Crippen LogP contribution < -0.4 is 0 Å². The van der Waals surface area contributed by atoms with Gasteiger partial charge in [-0.25, -0.2) is 4.79 Å². The Labute approximate surface area is 97.8 Å². The van der Waals surface area contributed by atoms with Crippen molar-refractivity contribution in [3.8, 4) is 0 Å². The van der Waals surface area contributed by atoms with Gasteiger partial charge in [-0.15, -0.1) is 0 Å². The summed E-state index contributed by atoms with van der Waals surface area (Å²) >= 11 is 0. The lowest BCUT2D eigenvalue weighted by Crippen LogP contribution is -2.48. The number of carboxylic acids is 1. The van der Waals surface area contributed by atoms with E-state index in [0.717, 1.165) is 19.3 Å². The SMILES string of the molecule is CCCC/C=C/C(O)C[N+](C)(C)CC(=O)O. The first kappa shape index (κ1) is 15.1. The molecule has 2 N–H and O–H groups in total. The number of nitrogens with zero attached hydrogens (tertiary/aromatic N) is 1. The lowest BCUT2D eigenvalue weighted by Gasteiger charge is -2.29. The number of allylic oxidation sites excluding steroid dienone is 1. The van der Waals surface area contributed by atoms with Crippen LogP contribution in [0.15, 0.2) is 12.2 Å². The molecule has 0 spiro atoms. The van der Waals surface area contributed by atoms with E-state index in [2.05, 4.69) is 6.92 Å². The van der Waals surface area contributed by atoms with E-state index in [1.807, 2.05) is 6.08 Å². The van der Waals surface area contributed by atoms with Crippen molar-refractivity contribution in [2.45, 2.75) is 32.3 Å². The Morgan fingerprint density at radius 3 is 2.56 bits per heavy atom. The summed E-state index contributed by atoms with van der Waals surface area (Å²) in [5, 5.41) is 18.4. The van der Waals surface area contributed by atoms with Gasteiger partial charge >= 0.3 is 5.97 Å². The highest BCUT2D eigenvalue weighted by atomic mass is 16.4. The van der Waals surface area contributed by atoms with E-state index < -0.39 is 12.1 Å². The number of hydrogen-bond acceptors (Lipinski definition) is 2.